The van der Waals surface area contributed by atoms with E-state index in [0.29, 0.717) is 35.8 Å². The van der Waals surface area contributed by atoms with Crippen molar-refractivity contribution in [1.82, 2.24) is 15.0 Å². The molecule has 1 aliphatic heterocycles. The van der Waals surface area contributed by atoms with Crippen molar-refractivity contribution in [3.63, 3.8) is 0 Å². The fraction of sp³-hybridized carbons (Fsp3) is 0.306. The number of pyridine rings is 1. The second-order valence-electron chi connectivity index (χ2n) is 12.1. The van der Waals surface area contributed by atoms with E-state index in [9.17, 15) is 28.2 Å². The Kier molecular flexibility index (Phi) is 12.2. The standard InChI is InChI=1S/C36H38ClN3O11S/c1-22-25(4-3-5-28(22)24-6-7-30-33(14-24)49-11-10-48-30)20-51-32-15-31(26(13-29(32)37)17-39-36(2,21-41)35(44)45)50-19-23-12-27(18-38-16-23)52(46,47)40-9-8-34(42)43/h3-7,12-16,18,39-41H,8-11,17,19-21H2,1-2H3,(H,42,43)(H,44,45). The van der Waals surface area contributed by atoms with Crippen LogP contribution in [0.1, 0.15) is 35.6 Å². The molecule has 16 heteroatoms. The molecule has 1 atom stereocenters. The number of hydrogen-bond acceptors (Lipinski definition) is 11. The second-order valence-corrected chi connectivity index (χ2v) is 14.3. The van der Waals surface area contributed by atoms with Gasteiger partial charge in [-0.15, -0.1) is 0 Å². The van der Waals surface area contributed by atoms with Crippen molar-refractivity contribution in [2.75, 3.05) is 26.4 Å². The maximum absolute atomic E-state index is 12.7. The number of aromatic nitrogens is 1. The fourth-order valence-electron chi connectivity index (χ4n) is 5.19. The van der Waals surface area contributed by atoms with Crippen LogP contribution >= 0.6 is 11.6 Å². The molecule has 1 unspecified atom stereocenters. The van der Waals surface area contributed by atoms with Crippen LogP contribution in [0.15, 0.2) is 71.9 Å². The number of hydrogen-bond donors (Lipinski definition) is 5. The Morgan fingerprint density at radius 2 is 1.71 bits per heavy atom. The van der Waals surface area contributed by atoms with Gasteiger partial charge in [-0.2, -0.15) is 0 Å². The van der Waals surface area contributed by atoms with Crippen LogP contribution < -0.4 is 29.0 Å². The maximum Gasteiger partial charge on any atom is 0.326 e. The molecule has 0 saturated carbocycles. The van der Waals surface area contributed by atoms with E-state index in [1.165, 1.54) is 19.2 Å². The minimum atomic E-state index is -4.05. The molecule has 3 aromatic carbocycles. The third-order valence-corrected chi connectivity index (χ3v) is 10.1. The number of aliphatic hydroxyl groups is 1. The number of nitrogens with zero attached hydrogens (tertiary/aromatic N) is 1. The molecule has 2 heterocycles. The highest BCUT2D eigenvalue weighted by Gasteiger charge is 2.32. The molecule has 0 saturated heterocycles. The number of halogens is 1. The van der Waals surface area contributed by atoms with Crippen LogP contribution in [0.2, 0.25) is 5.02 Å². The minimum absolute atomic E-state index is 0.0739. The highest BCUT2D eigenvalue weighted by molar-refractivity contribution is 7.89. The molecule has 5 rings (SSSR count). The van der Waals surface area contributed by atoms with E-state index in [-0.39, 0.29) is 47.7 Å². The number of carboxylic acid groups (broad SMARTS) is 2. The van der Waals surface area contributed by atoms with Crippen LogP contribution in [0.4, 0.5) is 0 Å². The summed E-state index contributed by atoms with van der Waals surface area (Å²) in [6, 6.07) is 16.1. The molecule has 0 fully saturated rings. The molecule has 14 nitrogen and oxygen atoms in total. The lowest BCUT2D eigenvalue weighted by atomic mass is 9.96. The van der Waals surface area contributed by atoms with E-state index in [2.05, 4.69) is 15.0 Å². The Morgan fingerprint density at radius 1 is 0.962 bits per heavy atom. The summed E-state index contributed by atoms with van der Waals surface area (Å²) in [7, 11) is -4.05. The maximum atomic E-state index is 12.7. The average molecular weight is 756 g/mol. The average Bonchev–Trinajstić information content (AvgIpc) is 3.13. The lowest BCUT2D eigenvalue weighted by Crippen LogP contribution is -2.52. The molecule has 0 radical (unpaired) electrons. The largest absolute Gasteiger partial charge is 0.488 e. The summed E-state index contributed by atoms with van der Waals surface area (Å²) in [4.78, 5) is 26.5. The van der Waals surface area contributed by atoms with Gasteiger partial charge in [-0.1, -0.05) is 35.9 Å². The highest BCUT2D eigenvalue weighted by atomic mass is 35.5. The molecule has 276 valence electrons. The van der Waals surface area contributed by atoms with Crippen molar-refractivity contribution in [2.45, 2.75) is 50.5 Å². The first-order chi connectivity index (χ1) is 24.8. The van der Waals surface area contributed by atoms with Gasteiger partial charge in [0, 0.05) is 42.7 Å². The zero-order valence-corrected chi connectivity index (χ0v) is 29.9. The van der Waals surface area contributed by atoms with Gasteiger partial charge in [-0.3, -0.25) is 19.9 Å². The summed E-state index contributed by atoms with van der Waals surface area (Å²) >= 11 is 6.68. The minimum Gasteiger partial charge on any atom is -0.488 e. The van der Waals surface area contributed by atoms with Gasteiger partial charge in [-0.25, -0.2) is 13.1 Å². The van der Waals surface area contributed by atoms with Gasteiger partial charge < -0.3 is 34.3 Å². The van der Waals surface area contributed by atoms with Gasteiger partial charge in [0.15, 0.2) is 11.5 Å². The monoisotopic (exact) mass is 755 g/mol. The second kappa shape index (κ2) is 16.6. The van der Waals surface area contributed by atoms with E-state index >= 15 is 0 Å². The lowest BCUT2D eigenvalue weighted by molar-refractivity contribution is -0.146. The van der Waals surface area contributed by atoms with Gasteiger partial charge >= 0.3 is 11.9 Å². The Morgan fingerprint density at radius 3 is 2.44 bits per heavy atom. The molecule has 1 aliphatic rings. The number of ether oxygens (including phenoxy) is 4. The van der Waals surface area contributed by atoms with Crippen molar-refractivity contribution in [1.29, 1.82) is 0 Å². The molecule has 0 aliphatic carbocycles. The van der Waals surface area contributed by atoms with Gasteiger partial charge in [0.05, 0.1) is 18.1 Å². The van der Waals surface area contributed by atoms with Gasteiger partial charge in [0.25, 0.3) is 0 Å². The summed E-state index contributed by atoms with van der Waals surface area (Å²) in [5, 5.41) is 31.3. The number of sulfonamides is 1. The van der Waals surface area contributed by atoms with E-state index < -0.39 is 40.5 Å². The number of rotatable bonds is 17. The van der Waals surface area contributed by atoms with Crippen molar-refractivity contribution >= 4 is 33.6 Å². The molecule has 0 amide bonds. The van der Waals surface area contributed by atoms with E-state index in [1.807, 2.05) is 43.3 Å². The number of nitrogens with one attached hydrogen (secondary N) is 2. The van der Waals surface area contributed by atoms with Crippen LogP contribution in [0.25, 0.3) is 11.1 Å². The van der Waals surface area contributed by atoms with Crippen LogP contribution in [-0.4, -0.2) is 72.6 Å². The van der Waals surface area contributed by atoms with Crippen LogP contribution in [0, 0.1) is 6.92 Å². The first-order valence-corrected chi connectivity index (χ1v) is 18.0. The summed E-state index contributed by atoms with van der Waals surface area (Å²) in [6.45, 7) is 3.21. The summed E-state index contributed by atoms with van der Waals surface area (Å²) in [5.74, 6) is -0.530. The quantitative estimate of drug-likeness (QED) is 0.102. The molecule has 5 N–H and O–H groups in total. The van der Waals surface area contributed by atoms with E-state index in [4.69, 9.17) is 35.7 Å². The molecule has 52 heavy (non-hydrogen) atoms. The zero-order valence-electron chi connectivity index (χ0n) is 28.3. The van der Waals surface area contributed by atoms with Gasteiger partial charge in [0.1, 0.15) is 48.4 Å². The topological polar surface area (TPSA) is 203 Å². The lowest BCUT2D eigenvalue weighted by Gasteiger charge is -2.25. The zero-order chi connectivity index (χ0) is 37.5. The van der Waals surface area contributed by atoms with E-state index in [1.54, 1.807) is 12.1 Å². The summed E-state index contributed by atoms with van der Waals surface area (Å²) in [6.07, 6.45) is 2.14. The van der Waals surface area contributed by atoms with Crippen molar-refractivity contribution in [2.24, 2.45) is 0 Å². The Hall–Kier alpha value is -4.93. The number of aliphatic hydroxyl groups excluding tert-OH is 1. The molecular weight excluding hydrogens is 718 g/mol. The third-order valence-electron chi connectivity index (χ3n) is 8.36. The molecule has 1 aromatic heterocycles. The predicted octanol–water partition coefficient (Wildman–Crippen LogP) is 4.32. The molecule has 4 aromatic rings. The van der Waals surface area contributed by atoms with Gasteiger partial charge in [-0.05, 0) is 60.4 Å². The first kappa shape index (κ1) is 38.3. The van der Waals surface area contributed by atoms with E-state index in [0.717, 1.165) is 28.5 Å². The van der Waals surface area contributed by atoms with Crippen molar-refractivity contribution in [3.8, 4) is 34.1 Å². The number of carboxylic acids is 2. The number of aliphatic carboxylic acids is 2. The molecular formula is C36H38ClN3O11S. The summed E-state index contributed by atoms with van der Waals surface area (Å²) < 4.78 is 51.4. The number of benzene rings is 3. The number of fused-ring (bicyclic) bond motifs is 1. The van der Waals surface area contributed by atoms with Crippen molar-refractivity contribution in [3.05, 3.63) is 94.3 Å². The van der Waals surface area contributed by atoms with Crippen LogP contribution in [0.5, 0.6) is 23.0 Å². The van der Waals surface area contributed by atoms with Gasteiger partial charge in [0.2, 0.25) is 10.0 Å². The predicted molar refractivity (Wildman–Crippen MR) is 189 cm³/mol. The third kappa shape index (κ3) is 9.29. The molecule has 0 spiro atoms. The molecule has 0 bridgehead atoms. The Bertz CT molecular complexity index is 2060. The Labute approximate surface area is 305 Å². The van der Waals surface area contributed by atoms with Crippen LogP contribution in [-0.2, 0) is 39.4 Å². The first-order valence-electron chi connectivity index (χ1n) is 16.1. The smallest absolute Gasteiger partial charge is 0.326 e. The highest BCUT2D eigenvalue weighted by Crippen LogP contribution is 2.37. The summed E-state index contributed by atoms with van der Waals surface area (Å²) in [5.41, 5.74) is 2.93. The Balaban J connectivity index is 1.38. The fourth-order valence-corrected chi connectivity index (χ4v) is 6.48. The number of carbonyl (C=O) groups is 2. The van der Waals surface area contributed by atoms with Crippen molar-refractivity contribution < 1.29 is 52.3 Å². The normalized spacial score (nSPS) is 13.6. The SMILES string of the molecule is Cc1c(COc2cc(OCc3cncc(S(=O)(=O)NCCC(=O)O)c3)c(CNC(C)(CO)C(=O)O)cc2Cl)cccc1-c1ccc2c(c1)OCCO2. The van der Waals surface area contributed by atoms with Crippen LogP contribution in [0.3, 0.4) is 0 Å².